The van der Waals surface area contributed by atoms with Gasteiger partial charge in [0, 0.05) is 17.1 Å². The van der Waals surface area contributed by atoms with E-state index in [9.17, 15) is 0 Å². The highest BCUT2D eigenvalue weighted by molar-refractivity contribution is 9.08. The number of aromatic nitrogens is 2. The van der Waals surface area contributed by atoms with Gasteiger partial charge in [0.15, 0.2) is 0 Å². The van der Waals surface area contributed by atoms with Crippen LogP contribution in [0.2, 0.25) is 0 Å². The van der Waals surface area contributed by atoms with Gasteiger partial charge < -0.3 is 0 Å². The first kappa shape index (κ1) is 8.78. The molecule has 0 aliphatic rings. The molecule has 0 radical (unpaired) electrons. The van der Waals surface area contributed by atoms with E-state index in [1.165, 1.54) is 5.56 Å². The topological polar surface area (TPSA) is 17.8 Å². The fourth-order valence-corrected chi connectivity index (χ4v) is 1.09. The molecule has 0 bridgehead atoms. The van der Waals surface area contributed by atoms with Crippen molar-refractivity contribution in [3.8, 4) is 0 Å². The first-order valence-corrected chi connectivity index (χ1v) is 4.76. The minimum atomic E-state index is 0.0976. The van der Waals surface area contributed by atoms with Gasteiger partial charge in [0.05, 0.1) is 11.7 Å². The second-order valence-corrected chi connectivity index (χ2v) is 4.16. The van der Waals surface area contributed by atoms with E-state index in [1.54, 1.807) is 0 Å². The maximum absolute atomic E-state index is 4.24. The smallest absolute Gasteiger partial charge is 0.0543 e. The average Bonchev–Trinajstić information content (AvgIpc) is 2.32. The number of halogens is 1. The van der Waals surface area contributed by atoms with Gasteiger partial charge in [-0.3, -0.25) is 4.68 Å². The van der Waals surface area contributed by atoms with Crippen LogP contribution < -0.4 is 0 Å². The lowest BCUT2D eigenvalue weighted by Gasteiger charge is -2.18. The predicted octanol–water partition coefficient (Wildman–Crippen LogP) is 2.53. The fourth-order valence-electron chi connectivity index (χ4n) is 0.796. The van der Waals surface area contributed by atoms with Crippen molar-refractivity contribution in [3.63, 3.8) is 0 Å². The molecular formula is C8H13BrN2. The van der Waals surface area contributed by atoms with Gasteiger partial charge >= 0.3 is 0 Å². The summed E-state index contributed by atoms with van der Waals surface area (Å²) in [6.45, 7) is 6.41. The number of hydrogen-bond acceptors (Lipinski definition) is 1. The van der Waals surface area contributed by atoms with Gasteiger partial charge in [0.1, 0.15) is 0 Å². The Bertz CT molecular complexity index is 234. The summed E-state index contributed by atoms with van der Waals surface area (Å²) in [5.74, 6) is 0. The second-order valence-electron chi connectivity index (χ2n) is 3.60. The van der Waals surface area contributed by atoms with E-state index in [4.69, 9.17) is 0 Å². The molecule has 0 spiro atoms. The monoisotopic (exact) mass is 216 g/mol. The summed E-state index contributed by atoms with van der Waals surface area (Å²) in [6, 6.07) is 0. The van der Waals surface area contributed by atoms with Gasteiger partial charge in [0.25, 0.3) is 0 Å². The first-order chi connectivity index (χ1) is 5.04. The molecule has 0 atom stereocenters. The molecule has 3 heteroatoms. The van der Waals surface area contributed by atoms with Crippen LogP contribution in [0.3, 0.4) is 0 Å². The third-order valence-electron chi connectivity index (χ3n) is 1.48. The van der Waals surface area contributed by atoms with E-state index in [-0.39, 0.29) is 5.54 Å². The van der Waals surface area contributed by atoms with E-state index in [0.717, 1.165) is 5.33 Å². The SMILES string of the molecule is CC(C)(C)n1cc(CBr)cn1. The Labute approximate surface area is 75.7 Å². The molecule has 0 saturated carbocycles. The standard InChI is InChI=1S/C8H13BrN2/c1-8(2,3)11-6-7(4-9)5-10-11/h5-6H,4H2,1-3H3. The zero-order chi connectivity index (χ0) is 8.48. The van der Waals surface area contributed by atoms with Crippen molar-refractivity contribution >= 4 is 15.9 Å². The molecule has 0 saturated heterocycles. The second kappa shape index (κ2) is 2.97. The van der Waals surface area contributed by atoms with Crippen LogP contribution in [0, 0.1) is 0 Å². The van der Waals surface area contributed by atoms with Crippen LogP contribution in [0.1, 0.15) is 26.3 Å². The molecule has 1 aromatic heterocycles. The van der Waals surface area contributed by atoms with Crippen LogP contribution in [0.25, 0.3) is 0 Å². The Morgan fingerprint density at radius 3 is 2.45 bits per heavy atom. The largest absolute Gasteiger partial charge is 0.267 e. The lowest BCUT2D eigenvalue weighted by atomic mass is 10.1. The molecule has 1 aromatic rings. The molecule has 2 nitrogen and oxygen atoms in total. The summed E-state index contributed by atoms with van der Waals surface area (Å²) in [7, 11) is 0. The van der Waals surface area contributed by atoms with Crippen LogP contribution in [0.4, 0.5) is 0 Å². The van der Waals surface area contributed by atoms with E-state index in [2.05, 4.69) is 48.0 Å². The third-order valence-corrected chi connectivity index (χ3v) is 2.13. The molecule has 0 aromatic carbocycles. The molecule has 0 aliphatic carbocycles. The number of rotatable bonds is 1. The number of alkyl halides is 1. The van der Waals surface area contributed by atoms with Gasteiger partial charge in [0.2, 0.25) is 0 Å². The Balaban J connectivity index is 2.89. The molecule has 0 amide bonds. The van der Waals surface area contributed by atoms with Gasteiger partial charge in [-0.2, -0.15) is 5.10 Å². The molecule has 11 heavy (non-hydrogen) atoms. The third kappa shape index (κ3) is 2.06. The van der Waals surface area contributed by atoms with Crippen molar-refractivity contribution in [1.29, 1.82) is 0 Å². The Kier molecular flexibility index (Phi) is 2.37. The van der Waals surface area contributed by atoms with Crippen molar-refractivity contribution in [2.24, 2.45) is 0 Å². The van der Waals surface area contributed by atoms with Gasteiger partial charge in [-0.1, -0.05) is 15.9 Å². The highest BCUT2D eigenvalue weighted by Gasteiger charge is 2.12. The van der Waals surface area contributed by atoms with Crippen LogP contribution in [0.15, 0.2) is 12.4 Å². The minimum Gasteiger partial charge on any atom is -0.267 e. The average molecular weight is 217 g/mol. The van der Waals surface area contributed by atoms with Crippen molar-refractivity contribution in [2.45, 2.75) is 31.6 Å². The lowest BCUT2D eigenvalue weighted by molar-refractivity contribution is 0.355. The highest BCUT2D eigenvalue weighted by atomic mass is 79.9. The van der Waals surface area contributed by atoms with Crippen LogP contribution in [-0.2, 0) is 10.9 Å². The summed E-state index contributed by atoms with van der Waals surface area (Å²) in [4.78, 5) is 0. The lowest BCUT2D eigenvalue weighted by Crippen LogP contribution is -2.21. The summed E-state index contributed by atoms with van der Waals surface area (Å²) < 4.78 is 1.98. The minimum absolute atomic E-state index is 0.0976. The maximum atomic E-state index is 4.24. The Hall–Kier alpha value is -0.310. The summed E-state index contributed by atoms with van der Waals surface area (Å²) in [6.07, 6.45) is 3.95. The molecular weight excluding hydrogens is 204 g/mol. The van der Waals surface area contributed by atoms with Gasteiger partial charge in [-0.15, -0.1) is 0 Å². The summed E-state index contributed by atoms with van der Waals surface area (Å²) >= 11 is 3.38. The molecule has 0 aliphatic heterocycles. The molecule has 0 fully saturated rings. The van der Waals surface area contributed by atoms with Gasteiger partial charge in [-0.25, -0.2) is 0 Å². The van der Waals surface area contributed by atoms with Crippen molar-refractivity contribution in [2.75, 3.05) is 0 Å². The van der Waals surface area contributed by atoms with E-state index in [0.29, 0.717) is 0 Å². The van der Waals surface area contributed by atoms with Crippen LogP contribution in [0.5, 0.6) is 0 Å². The number of nitrogens with zero attached hydrogens (tertiary/aromatic N) is 2. The zero-order valence-corrected chi connectivity index (χ0v) is 8.72. The van der Waals surface area contributed by atoms with E-state index < -0.39 is 0 Å². The first-order valence-electron chi connectivity index (χ1n) is 3.64. The van der Waals surface area contributed by atoms with E-state index in [1.807, 2.05) is 10.9 Å². The normalized spacial score (nSPS) is 12.0. The van der Waals surface area contributed by atoms with Crippen molar-refractivity contribution in [3.05, 3.63) is 18.0 Å². The van der Waals surface area contributed by atoms with Gasteiger partial charge in [-0.05, 0) is 20.8 Å². The summed E-state index contributed by atoms with van der Waals surface area (Å²) in [5, 5.41) is 5.12. The molecule has 0 unspecified atom stereocenters. The maximum Gasteiger partial charge on any atom is 0.0543 e. The Morgan fingerprint density at radius 2 is 2.18 bits per heavy atom. The van der Waals surface area contributed by atoms with Crippen molar-refractivity contribution < 1.29 is 0 Å². The van der Waals surface area contributed by atoms with Crippen LogP contribution >= 0.6 is 15.9 Å². The number of hydrogen-bond donors (Lipinski definition) is 0. The van der Waals surface area contributed by atoms with Crippen molar-refractivity contribution in [1.82, 2.24) is 9.78 Å². The van der Waals surface area contributed by atoms with E-state index >= 15 is 0 Å². The fraction of sp³-hybridized carbons (Fsp3) is 0.625. The zero-order valence-electron chi connectivity index (χ0n) is 7.13. The Morgan fingerprint density at radius 1 is 1.55 bits per heavy atom. The molecule has 1 rings (SSSR count). The molecule has 0 N–H and O–H groups in total. The molecule has 1 heterocycles. The highest BCUT2D eigenvalue weighted by Crippen LogP contribution is 2.14. The quantitative estimate of drug-likeness (QED) is 0.661. The molecule has 62 valence electrons. The summed E-state index contributed by atoms with van der Waals surface area (Å²) in [5.41, 5.74) is 1.32. The van der Waals surface area contributed by atoms with Crippen LogP contribution in [-0.4, -0.2) is 9.78 Å². The predicted molar refractivity (Wildman–Crippen MR) is 49.9 cm³/mol.